The molecule has 2 aromatic carbocycles. The molecule has 0 unspecified atom stereocenters. The minimum absolute atomic E-state index is 0.0581. The smallest absolute Gasteiger partial charge is 0.337 e. The van der Waals surface area contributed by atoms with Crippen molar-refractivity contribution in [2.24, 2.45) is 0 Å². The maximum Gasteiger partial charge on any atom is 0.337 e. The molecule has 1 N–H and O–H groups in total. The van der Waals surface area contributed by atoms with E-state index in [9.17, 15) is 9.59 Å². The summed E-state index contributed by atoms with van der Waals surface area (Å²) in [5.74, 6) is 0.0918. The summed E-state index contributed by atoms with van der Waals surface area (Å²) in [6.07, 6.45) is 2.04. The molecule has 1 aliphatic heterocycles. The summed E-state index contributed by atoms with van der Waals surface area (Å²) in [4.78, 5) is 28.5. The Balaban J connectivity index is 1.73. The van der Waals surface area contributed by atoms with Crippen LogP contribution < -0.4 is 5.32 Å². The highest BCUT2D eigenvalue weighted by Crippen LogP contribution is 2.37. The van der Waals surface area contributed by atoms with Crippen molar-refractivity contribution in [1.29, 1.82) is 0 Å². The molecule has 6 heteroatoms. The Labute approximate surface area is 150 Å². The number of benzene rings is 2. The SMILES string of the molecule is COC(=O)c1ccc([C@H]2CC(=O)Nc3c2ncn3-c2ccccc2)cc1. The number of para-hydroxylation sites is 1. The van der Waals surface area contributed by atoms with E-state index in [4.69, 9.17) is 4.74 Å². The highest BCUT2D eigenvalue weighted by atomic mass is 16.5. The molecule has 3 aromatic rings. The minimum atomic E-state index is -0.382. The van der Waals surface area contributed by atoms with Crippen LogP contribution in [0.2, 0.25) is 0 Å². The maximum absolute atomic E-state index is 12.3. The Morgan fingerprint density at radius 1 is 1.15 bits per heavy atom. The number of carbonyl (C=O) groups is 2. The van der Waals surface area contributed by atoms with Crippen LogP contribution in [-0.4, -0.2) is 28.5 Å². The molecule has 0 saturated heterocycles. The van der Waals surface area contributed by atoms with E-state index >= 15 is 0 Å². The van der Waals surface area contributed by atoms with E-state index in [0.29, 0.717) is 17.8 Å². The van der Waals surface area contributed by atoms with Gasteiger partial charge in [-0.1, -0.05) is 30.3 Å². The Morgan fingerprint density at radius 3 is 2.58 bits per heavy atom. The maximum atomic E-state index is 12.3. The van der Waals surface area contributed by atoms with Crippen LogP contribution in [0.4, 0.5) is 5.82 Å². The van der Waals surface area contributed by atoms with Crippen LogP contribution in [0.15, 0.2) is 60.9 Å². The normalized spacial score (nSPS) is 15.9. The molecular formula is C20H17N3O3. The summed E-state index contributed by atoms with van der Waals surface area (Å²) in [5, 5.41) is 2.93. The van der Waals surface area contributed by atoms with Crippen molar-refractivity contribution in [3.05, 3.63) is 77.7 Å². The fraction of sp³-hybridized carbons (Fsp3) is 0.150. The van der Waals surface area contributed by atoms with Crippen molar-refractivity contribution in [2.45, 2.75) is 12.3 Å². The molecule has 1 aliphatic rings. The van der Waals surface area contributed by atoms with E-state index in [0.717, 1.165) is 16.9 Å². The molecule has 6 nitrogen and oxygen atoms in total. The number of methoxy groups -OCH3 is 1. The van der Waals surface area contributed by atoms with Crippen molar-refractivity contribution in [3.8, 4) is 5.69 Å². The fourth-order valence-electron chi connectivity index (χ4n) is 3.24. The van der Waals surface area contributed by atoms with Gasteiger partial charge in [0.15, 0.2) is 0 Å². The molecule has 0 spiro atoms. The van der Waals surface area contributed by atoms with E-state index in [1.807, 2.05) is 47.0 Å². The molecule has 0 radical (unpaired) electrons. The van der Waals surface area contributed by atoms with Gasteiger partial charge < -0.3 is 10.1 Å². The lowest BCUT2D eigenvalue weighted by atomic mass is 9.89. The summed E-state index contributed by atoms with van der Waals surface area (Å²) in [7, 11) is 1.35. The Morgan fingerprint density at radius 2 is 1.88 bits per heavy atom. The number of esters is 1. The molecule has 4 rings (SSSR count). The van der Waals surface area contributed by atoms with Gasteiger partial charge in [-0.25, -0.2) is 9.78 Å². The van der Waals surface area contributed by atoms with Gasteiger partial charge in [0, 0.05) is 18.0 Å². The molecule has 1 atom stereocenters. The zero-order valence-corrected chi connectivity index (χ0v) is 14.2. The van der Waals surface area contributed by atoms with Crippen molar-refractivity contribution >= 4 is 17.7 Å². The molecule has 26 heavy (non-hydrogen) atoms. The predicted octanol–water partition coefficient (Wildman–Crippen LogP) is 3.13. The number of ether oxygens (including phenoxy) is 1. The van der Waals surface area contributed by atoms with Gasteiger partial charge in [-0.2, -0.15) is 0 Å². The number of nitrogens with zero attached hydrogens (tertiary/aromatic N) is 2. The minimum Gasteiger partial charge on any atom is -0.465 e. The van der Waals surface area contributed by atoms with Crippen LogP contribution in [0.25, 0.3) is 5.69 Å². The monoisotopic (exact) mass is 347 g/mol. The molecule has 0 saturated carbocycles. The summed E-state index contributed by atoms with van der Waals surface area (Å²) in [6.45, 7) is 0. The van der Waals surface area contributed by atoms with Crippen LogP contribution in [0.5, 0.6) is 0 Å². The first-order chi connectivity index (χ1) is 12.7. The Bertz CT molecular complexity index is 962. The van der Waals surface area contributed by atoms with Gasteiger partial charge in [-0.15, -0.1) is 0 Å². The molecule has 0 bridgehead atoms. The van der Waals surface area contributed by atoms with E-state index < -0.39 is 0 Å². The number of carbonyl (C=O) groups excluding carboxylic acids is 2. The summed E-state index contributed by atoms with van der Waals surface area (Å²) >= 11 is 0. The third kappa shape index (κ3) is 2.75. The number of hydrogen-bond acceptors (Lipinski definition) is 4. The standard InChI is InChI=1S/C20H17N3O3/c1-26-20(25)14-9-7-13(8-10-14)16-11-17(24)22-19-18(16)21-12-23(19)15-5-3-2-4-6-15/h2-10,12,16H,11H2,1H3,(H,22,24)/t16-/m1/s1. The molecule has 1 amide bonds. The number of imidazole rings is 1. The van der Waals surface area contributed by atoms with Crippen LogP contribution in [0.3, 0.4) is 0 Å². The summed E-state index contributed by atoms with van der Waals surface area (Å²) < 4.78 is 6.61. The molecule has 1 aromatic heterocycles. The van der Waals surface area contributed by atoms with Gasteiger partial charge in [0.25, 0.3) is 0 Å². The quantitative estimate of drug-likeness (QED) is 0.739. The van der Waals surface area contributed by atoms with Crippen molar-refractivity contribution in [2.75, 3.05) is 12.4 Å². The Hall–Kier alpha value is -3.41. The number of anilines is 1. The van der Waals surface area contributed by atoms with Crippen LogP contribution >= 0.6 is 0 Å². The van der Waals surface area contributed by atoms with Crippen molar-refractivity contribution in [1.82, 2.24) is 9.55 Å². The van der Waals surface area contributed by atoms with Gasteiger partial charge >= 0.3 is 5.97 Å². The first kappa shape index (κ1) is 16.1. The molecule has 2 heterocycles. The molecule has 0 aliphatic carbocycles. The Kier molecular flexibility index (Phi) is 4.01. The first-order valence-electron chi connectivity index (χ1n) is 8.28. The van der Waals surface area contributed by atoms with Crippen LogP contribution in [0.1, 0.15) is 34.0 Å². The number of aromatic nitrogens is 2. The zero-order chi connectivity index (χ0) is 18.1. The average Bonchev–Trinajstić information content (AvgIpc) is 3.11. The zero-order valence-electron chi connectivity index (χ0n) is 14.2. The van der Waals surface area contributed by atoms with Gasteiger partial charge in [0.2, 0.25) is 5.91 Å². The van der Waals surface area contributed by atoms with E-state index in [2.05, 4.69) is 10.3 Å². The third-order valence-corrected chi connectivity index (χ3v) is 4.54. The number of amides is 1. The highest BCUT2D eigenvalue weighted by molar-refractivity contribution is 5.94. The second-order valence-electron chi connectivity index (χ2n) is 6.10. The van der Waals surface area contributed by atoms with E-state index in [1.165, 1.54) is 7.11 Å². The average molecular weight is 347 g/mol. The third-order valence-electron chi connectivity index (χ3n) is 4.54. The van der Waals surface area contributed by atoms with Gasteiger partial charge in [-0.3, -0.25) is 9.36 Å². The lowest BCUT2D eigenvalue weighted by Gasteiger charge is -2.23. The highest BCUT2D eigenvalue weighted by Gasteiger charge is 2.31. The summed E-state index contributed by atoms with van der Waals surface area (Å²) in [6, 6.07) is 16.9. The molecular weight excluding hydrogens is 330 g/mol. The number of rotatable bonds is 3. The second-order valence-corrected chi connectivity index (χ2v) is 6.10. The number of fused-ring (bicyclic) bond motifs is 1. The van der Waals surface area contributed by atoms with E-state index in [1.54, 1.807) is 18.5 Å². The largest absolute Gasteiger partial charge is 0.465 e. The number of nitrogens with one attached hydrogen (secondary N) is 1. The lowest BCUT2D eigenvalue weighted by Crippen LogP contribution is -2.25. The van der Waals surface area contributed by atoms with Crippen molar-refractivity contribution < 1.29 is 14.3 Å². The first-order valence-corrected chi connectivity index (χ1v) is 8.28. The fourth-order valence-corrected chi connectivity index (χ4v) is 3.24. The molecule has 0 fully saturated rings. The van der Waals surface area contributed by atoms with Crippen LogP contribution in [-0.2, 0) is 9.53 Å². The van der Waals surface area contributed by atoms with Gasteiger partial charge in [-0.05, 0) is 29.8 Å². The topological polar surface area (TPSA) is 73.2 Å². The lowest BCUT2D eigenvalue weighted by molar-refractivity contribution is -0.116. The summed E-state index contributed by atoms with van der Waals surface area (Å²) in [5.41, 5.74) is 3.17. The number of hydrogen-bond donors (Lipinski definition) is 1. The second kappa shape index (κ2) is 6.48. The molecule has 130 valence electrons. The predicted molar refractivity (Wildman–Crippen MR) is 96.4 cm³/mol. The van der Waals surface area contributed by atoms with Gasteiger partial charge in [0.1, 0.15) is 12.1 Å². The van der Waals surface area contributed by atoms with Crippen LogP contribution in [0, 0.1) is 0 Å². The van der Waals surface area contributed by atoms with E-state index in [-0.39, 0.29) is 17.8 Å². The van der Waals surface area contributed by atoms with Crippen molar-refractivity contribution in [3.63, 3.8) is 0 Å². The van der Waals surface area contributed by atoms with Gasteiger partial charge in [0.05, 0.1) is 18.4 Å².